The summed E-state index contributed by atoms with van der Waals surface area (Å²) in [5.41, 5.74) is 1.11. The lowest BCUT2D eigenvalue weighted by Crippen LogP contribution is -2.48. The summed E-state index contributed by atoms with van der Waals surface area (Å²) in [6, 6.07) is 12.0. The van der Waals surface area contributed by atoms with Crippen LogP contribution in [0.25, 0.3) is 10.9 Å². The molecule has 3 aliphatic rings. The van der Waals surface area contributed by atoms with Crippen LogP contribution in [0.1, 0.15) is 47.6 Å². The minimum absolute atomic E-state index is 0.0568. The number of methoxy groups -OCH3 is 1. The number of carbonyl (C=O) groups is 1. The Morgan fingerprint density at radius 2 is 1.89 bits per heavy atom. The van der Waals surface area contributed by atoms with E-state index in [9.17, 15) is 14.7 Å². The minimum Gasteiger partial charge on any atom is -0.492 e. The summed E-state index contributed by atoms with van der Waals surface area (Å²) >= 11 is 0. The largest absolute Gasteiger partial charge is 0.492 e. The van der Waals surface area contributed by atoms with Gasteiger partial charge in [0.05, 0.1) is 18.0 Å². The number of nitrogens with zero attached hydrogens (tertiary/aromatic N) is 3. The van der Waals surface area contributed by atoms with Crippen molar-refractivity contribution in [2.75, 3.05) is 31.6 Å². The molecule has 2 aliphatic heterocycles. The van der Waals surface area contributed by atoms with Crippen molar-refractivity contribution in [1.29, 1.82) is 0 Å². The Morgan fingerprint density at radius 3 is 2.58 bits per heavy atom. The molecule has 0 spiro atoms. The van der Waals surface area contributed by atoms with Gasteiger partial charge in [-0.25, -0.2) is 9.18 Å². The molecule has 1 aliphatic carbocycles. The summed E-state index contributed by atoms with van der Waals surface area (Å²) in [6.45, 7) is 3.28. The van der Waals surface area contributed by atoms with Gasteiger partial charge >= 0.3 is 5.97 Å². The molecule has 1 saturated carbocycles. The highest BCUT2D eigenvalue weighted by Gasteiger charge is 2.40. The van der Waals surface area contributed by atoms with Crippen molar-refractivity contribution in [1.82, 2.24) is 9.47 Å². The number of hydrogen-bond donors (Lipinski definition) is 1. The van der Waals surface area contributed by atoms with Crippen molar-refractivity contribution in [2.45, 2.75) is 44.3 Å². The lowest BCUT2D eigenvalue weighted by molar-refractivity contribution is 0.0694. The molecule has 0 bridgehead atoms. The lowest BCUT2D eigenvalue weighted by Gasteiger charge is -2.40. The van der Waals surface area contributed by atoms with Gasteiger partial charge in [0.1, 0.15) is 11.3 Å². The van der Waals surface area contributed by atoms with Gasteiger partial charge in [0.2, 0.25) is 5.43 Å². The van der Waals surface area contributed by atoms with E-state index in [1.807, 2.05) is 10.6 Å². The van der Waals surface area contributed by atoms with Gasteiger partial charge < -0.3 is 19.3 Å². The van der Waals surface area contributed by atoms with Gasteiger partial charge in [-0.3, -0.25) is 9.69 Å². The van der Waals surface area contributed by atoms with E-state index in [0.717, 1.165) is 38.8 Å². The van der Waals surface area contributed by atoms with E-state index in [1.165, 1.54) is 24.9 Å². The molecule has 6 rings (SSSR count). The van der Waals surface area contributed by atoms with Crippen LogP contribution in [0.2, 0.25) is 0 Å². The number of benzene rings is 2. The SMILES string of the molecule is COc1c(N2CCC3CCN(Cc4ccccc4)C3C2)c(F)cc2c(=O)c(C(=O)O)cn(C3CC3)c12. The average Bonchev–Trinajstić information content (AvgIpc) is 3.65. The fraction of sp³-hybridized carbons (Fsp3) is 0.429. The standard InChI is InChI=1S/C28H30FN3O4/c1-36-27-24-20(26(33)21(28(34)35)15-32(24)19-7-8-19)13-22(29)25(27)31-12-10-18-9-11-30(23(18)16-31)14-17-5-3-2-4-6-17/h2-6,13,15,18-19,23H,7-12,14,16H2,1H3,(H,34,35). The molecule has 1 aromatic heterocycles. The summed E-state index contributed by atoms with van der Waals surface area (Å²) in [6.07, 6.45) is 5.27. The topological polar surface area (TPSA) is 75.0 Å². The third-order valence-electron chi connectivity index (χ3n) is 8.10. The van der Waals surface area contributed by atoms with E-state index in [1.54, 1.807) is 0 Å². The van der Waals surface area contributed by atoms with E-state index in [2.05, 4.69) is 34.1 Å². The molecular weight excluding hydrogens is 461 g/mol. The minimum atomic E-state index is -1.30. The third kappa shape index (κ3) is 3.84. The van der Waals surface area contributed by atoms with Crippen molar-refractivity contribution in [3.05, 3.63) is 69.8 Å². The number of hydrogen-bond acceptors (Lipinski definition) is 5. The molecular formula is C28H30FN3O4. The molecule has 1 N–H and O–H groups in total. The number of anilines is 1. The Bertz CT molecular complexity index is 1390. The van der Waals surface area contributed by atoms with Crippen molar-refractivity contribution in [3.8, 4) is 5.75 Å². The number of pyridine rings is 1. The van der Waals surface area contributed by atoms with Crippen LogP contribution in [0.4, 0.5) is 10.1 Å². The zero-order chi connectivity index (χ0) is 25.0. The maximum absolute atomic E-state index is 15.8. The first kappa shape index (κ1) is 23.0. The Balaban J connectivity index is 1.41. The summed E-state index contributed by atoms with van der Waals surface area (Å²) in [4.78, 5) is 29.3. The van der Waals surface area contributed by atoms with Crippen LogP contribution >= 0.6 is 0 Å². The lowest BCUT2D eigenvalue weighted by atomic mass is 9.91. The molecule has 7 nitrogen and oxygen atoms in total. The predicted octanol–water partition coefficient (Wildman–Crippen LogP) is 4.28. The van der Waals surface area contributed by atoms with E-state index in [4.69, 9.17) is 4.74 Å². The van der Waals surface area contributed by atoms with E-state index in [-0.39, 0.29) is 17.0 Å². The maximum Gasteiger partial charge on any atom is 0.341 e. The molecule has 2 saturated heterocycles. The monoisotopic (exact) mass is 491 g/mol. The molecule has 2 atom stereocenters. The first-order chi connectivity index (χ1) is 17.5. The Kier molecular flexibility index (Phi) is 5.71. The fourth-order valence-corrected chi connectivity index (χ4v) is 6.17. The predicted molar refractivity (Wildman–Crippen MR) is 136 cm³/mol. The number of aromatic carboxylic acids is 1. The van der Waals surface area contributed by atoms with E-state index in [0.29, 0.717) is 42.0 Å². The van der Waals surface area contributed by atoms with E-state index >= 15 is 4.39 Å². The zero-order valence-electron chi connectivity index (χ0n) is 20.3. The van der Waals surface area contributed by atoms with Crippen LogP contribution in [0.15, 0.2) is 47.4 Å². The molecule has 2 unspecified atom stereocenters. The van der Waals surface area contributed by atoms with Gasteiger partial charge in [-0.2, -0.15) is 0 Å². The number of carboxylic acids is 1. The van der Waals surface area contributed by atoms with Gasteiger partial charge in [0.15, 0.2) is 11.6 Å². The number of ether oxygens (including phenoxy) is 1. The average molecular weight is 492 g/mol. The van der Waals surface area contributed by atoms with E-state index < -0.39 is 17.2 Å². The molecule has 2 aromatic carbocycles. The first-order valence-corrected chi connectivity index (χ1v) is 12.7. The molecule has 0 amide bonds. The number of piperidine rings is 1. The van der Waals surface area contributed by atoms with Crippen molar-refractivity contribution in [3.63, 3.8) is 0 Å². The van der Waals surface area contributed by atoms with Crippen LogP contribution in [-0.2, 0) is 6.54 Å². The number of carboxylic acid groups (broad SMARTS) is 1. The summed E-state index contributed by atoms with van der Waals surface area (Å²) in [5.74, 6) is -0.965. The van der Waals surface area contributed by atoms with Crippen LogP contribution in [0.5, 0.6) is 5.75 Å². The molecule has 8 heteroatoms. The first-order valence-electron chi connectivity index (χ1n) is 12.7. The highest BCUT2D eigenvalue weighted by Crippen LogP contribution is 2.45. The molecule has 3 aromatic rings. The Morgan fingerprint density at radius 1 is 1.14 bits per heavy atom. The highest BCUT2D eigenvalue weighted by molar-refractivity contribution is 5.97. The van der Waals surface area contributed by atoms with Crippen LogP contribution in [-0.4, -0.2) is 53.3 Å². The summed E-state index contributed by atoms with van der Waals surface area (Å²) in [7, 11) is 1.49. The Hall–Kier alpha value is -3.39. The van der Waals surface area contributed by atoms with Crippen LogP contribution in [0, 0.1) is 11.7 Å². The Labute approximate surface area is 208 Å². The second-order valence-corrected chi connectivity index (χ2v) is 10.3. The molecule has 3 heterocycles. The van der Waals surface area contributed by atoms with Gasteiger partial charge in [0, 0.05) is 37.9 Å². The summed E-state index contributed by atoms with van der Waals surface area (Å²) in [5, 5.41) is 9.63. The number of aromatic nitrogens is 1. The second kappa shape index (κ2) is 8.92. The highest BCUT2D eigenvalue weighted by atomic mass is 19.1. The molecule has 0 radical (unpaired) electrons. The van der Waals surface area contributed by atoms with Crippen molar-refractivity contribution < 1.29 is 19.0 Å². The second-order valence-electron chi connectivity index (χ2n) is 10.3. The number of rotatable bonds is 6. The number of fused-ring (bicyclic) bond motifs is 2. The van der Waals surface area contributed by atoms with Crippen LogP contribution < -0.4 is 15.1 Å². The number of halogens is 1. The zero-order valence-corrected chi connectivity index (χ0v) is 20.3. The normalized spacial score (nSPS) is 22.1. The fourth-order valence-electron chi connectivity index (χ4n) is 6.17. The van der Waals surface area contributed by atoms with Gasteiger partial charge in [-0.05, 0) is 49.8 Å². The van der Waals surface area contributed by atoms with Gasteiger partial charge in [-0.15, -0.1) is 0 Å². The number of likely N-dealkylation sites (tertiary alicyclic amines) is 1. The smallest absolute Gasteiger partial charge is 0.341 e. The molecule has 188 valence electrons. The molecule has 3 fully saturated rings. The van der Waals surface area contributed by atoms with Gasteiger partial charge in [-0.1, -0.05) is 30.3 Å². The third-order valence-corrected chi connectivity index (χ3v) is 8.10. The van der Waals surface area contributed by atoms with Gasteiger partial charge in [0.25, 0.3) is 0 Å². The van der Waals surface area contributed by atoms with Crippen molar-refractivity contribution >= 4 is 22.6 Å². The van der Waals surface area contributed by atoms with Crippen LogP contribution in [0.3, 0.4) is 0 Å². The maximum atomic E-state index is 15.8. The quantitative estimate of drug-likeness (QED) is 0.555. The summed E-state index contributed by atoms with van der Waals surface area (Å²) < 4.78 is 23.4. The molecule has 36 heavy (non-hydrogen) atoms. The van der Waals surface area contributed by atoms with Crippen molar-refractivity contribution in [2.24, 2.45) is 5.92 Å².